The third-order valence-corrected chi connectivity index (χ3v) is 7.78. The van der Waals surface area contributed by atoms with Crippen molar-refractivity contribution in [3.63, 3.8) is 0 Å². The molecule has 0 spiro atoms. The highest BCUT2D eigenvalue weighted by Gasteiger charge is 2.34. The van der Waals surface area contributed by atoms with E-state index in [9.17, 15) is 15.0 Å². The summed E-state index contributed by atoms with van der Waals surface area (Å²) in [6.45, 7) is 6.77. The maximum Gasteiger partial charge on any atom is 0.348 e. The molecule has 4 heterocycles. The summed E-state index contributed by atoms with van der Waals surface area (Å²) >= 11 is 13.5. The molecule has 1 fully saturated rings. The molecule has 3 unspecified atom stereocenters. The number of carboxylic acid groups (broad SMARTS) is 1. The Labute approximate surface area is 215 Å². The highest BCUT2D eigenvalue weighted by atomic mass is 35.5. The van der Waals surface area contributed by atoms with Crippen LogP contribution in [0.1, 0.15) is 33.7 Å². The summed E-state index contributed by atoms with van der Waals surface area (Å²) < 4.78 is 7.48. The summed E-state index contributed by atoms with van der Waals surface area (Å²) in [6.07, 6.45) is 2.16. The Balaban J connectivity index is 1.55. The molecule has 0 aromatic carbocycles. The number of carboxylic acids is 1. The highest BCUT2D eigenvalue weighted by Crippen LogP contribution is 2.35. The number of nitrogens with one attached hydrogen (secondary N) is 2. The first kappa shape index (κ1) is 25.6. The maximum atomic E-state index is 11.9. The Hall–Kier alpha value is -2.48. The lowest BCUT2D eigenvalue weighted by molar-refractivity contribution is 0.0110. The molecule has 35 heavy (non-hydrogen) atoms. The van der Waals surface area contributed by atoms with Gasteiger partial charge in [-0.1, -0.05) is 40.6 Å². The number of thiazole rings is 1. The van der Waals surface area contributed by atoms with Crippen LogP contribution >= 0.6 is 34.5 Å². The zero-order valence-corrected chi connectivity index (χ0v) is 21.4. The molecule has 3 aromatic rings. The van der Waals surface area contributed by atoms with Crippen molar-refractivity contribution < 1.29 is 19.7 Å². The summed E-state index contributed by atoms with van der Waals surface area (Å²) in [7, 11) is 1.68. The van der Waals surface area contributed by atoms with Gasteiger partial charge in [-0.2, -0.15) is 5.10 Å². The molecular formula is C21H25Cl2N7O4S. The molecule has 0 saturated carbocycles. The van der Waals surface area contributed by atoms with E-state index in [1.807, 2.05) is 4.90 Å². The Morgan fingerprint density at radius 3 is 2.86 bits per heavy atom. The van der Waals surface area contributed by atoms with Crippen LogP contribution in [0.5, 0.6) is 0 Å². The standard InChI is InChI=1S/C21H25Cl2N7O4S/c1-4-7-34-12-8-30(6-5-11(12)27-19(31)15-14(23)13(22)10(2)26-15)21-28-16(17(35-21)20(32)33)18-24-9-25-29(18)3/h4,9,11-12,19,26-27,31H,1,5-8H2,2-3H3,(H,32,33). The SMILES string of the molecule is C=CCOC1CN(c2nc(-c3ncnn3C)c(C(=O)O)s2)CCC1NC(O)c1[nH]c(C)c(Cl)c1Cl. The molecule has 0 bridgehead atoms. The van der Waals surface area contributed by atoms with Crippen molar-refractivity contribution in [2.24, 2.45) is 7.05 Å². The molecular weight excluding hydrogens is 517 g/mol. The summed E-state index contributed by atoms with van der Waals surface area (Å²) in [5.74, 6) is -0.705. The number of aryl methyl sites for hydroxylation is 2. The molecule has 11 nitrogen and oxygen atoms in total. The number of H-pyrrole nitrogens is 1. The number of rotatable bonds is 9. The van der Waals surface area contributed by atoms with Gasteiger partial charge in [-0.15, -0.1) is 6.58 Å². The molecule has 3 atom stereocenters. The van der Waals surface area contributed by atoms with Crippen LogP contribution in [0.25, 0.3) is 11.5 Å². The van der Waals surface area contributed by atoms with E-state index in [2.05, 4.69) is 31.9 Å². The van der Waals surface area contributed by atoms with Gasteiger partial charge < -0.3 is 24.8 Å². The fourth-order valence-electron chi connectivity index (χ4n) is 3.96. The number of aromatic carboxylic acids is 1. The van der Waals surface area contributed by atoms with E-state index in [1.54, 1.807) is 20.0 Å². The largest absolute Gasteiger partial charge is 0.477 e. The van der Waals surface area contributed by atoms with Gasteiger partial charge in [-0.05, 0) is 13.3 Å². The van der Waals surface area contributed by atoms with Gasteiger partial charge in [0.15, 0.2) is 11.0 Å². The predicted molar refractivity (Wildman–Crippen MR) is 133 cm³/mol. The van der Waals surface area contributed by atoms with Gasteiger partial charge in [0.05, 0.1) is 28.5 Å². The van der Waals surface area contributed by atoms with Gasteiger partial charge in [-0.3, -0.25) is 5.32 Å². The maximum absolute atomic E-state index is 11.9. The first-order valence-corrected chi connectivity index (χ1v) is 12.3. The van der Waals surface area contributed by atoms with E-state index in [4.69, 9.17) is 27.9 Å². The van der Waals surface area contributed by atoms with Crippen molar-refractivity contribution >= 4 is 45.6 Å². The number of anilines is 1. The Morgan fingerprint density at radius 2 is 2.26 bits per heavy atom. The lowest BCUT2D eigenvalue weighted by Gasteiger charge is -2.39. The monoisotopic (exact) mass is 541 g/mol. The minimum absolute atomic E-state index is 0.0870. The van der Waals surface area contributed by atoms with Crippen molar-refractivity contribution in [3.05, 3.63) is 45.3 Å². The molecule has 14 heteroatoms. The number of hydrogen-bond donors (Lipinski definition) is 4. The average Bonchev–Trinajstić information content (AvgIpc) is 3.52. The molecule has 1 aliphatic rings. The fourth-order valence-corrected chi connectivity index (χ4v) is 5.34. The van der Waals surface area contributed by atoms with Crippen molar-refractivity contribution in [1.82, 2.24) is 30.0 Å². The molecule has 1 saturated heterocycles. The molecule has 4 N–H and O–H groups in total. The number of aliphatic hydroxyl groups is 1. The number of aromatic nitrogens is 5. The molecule has 188 valence electrons. The number of halogens is 2. The number of carbonyl (C=O) groups is 1. The van der Waals surface area contributed by atoms with Crippen LogP contribution in [0.15, 0.2) is 19.0 Å². The summed E-state index contributed by atoms with van der Waals surface area (Å²) in [5, 5.41) is 28.9. The van der Waals surface area contributed by atoms with E-state index < -0.39 is 12.2 Å². The van der Waals surface area contributed by atoms with E-state index in [-0.39, 0.29) is 27.7 Å². The number of aliphatic hydroxyl groups excluding tert-OH is 1. The van der Waals surface area contributed by atoms with Crippen LogP contribution in [0.2, 0.25) is 10.0 Å². The van der Waals surface area contributed by atoms with Crippen LogP contribution < -0.4 is 10.2 Å². The molecule has 0 aliphatic carbocycles. The quantitative estimate of drug-likeness (QED) is 0.237. The van der Waals surface area contributed by atoms with Crippen molar-refractivity contribution in [3.8, 4) is 11.5 Å². The second-order valence-electron chi connectivity index (χ2n) is 8.05. The van der Waals surface area contributed by atoms with E-state index in [1.165, 1.54) is 11.0 Å². The summed E-state index contributed by atoms with van der Waals surface area (Å²) in [5.41, 5.74) is 1.32. The Morgan fingerprint density at radius 1 is 1.49 bits per heavy atom. The van der Waals surface area contributed by atoms with E-state index in [0.29, 0.717) is 53.5 Å². The summed E-state index contributed by atoms with van der Waals surface area (Å²) in [6, 6.07) is -0.225. The lowest BCUT2D eigenvalue weighted by atomic mass is 10.0. The van der Waals surface area contributed by atoms with Gasteiger partial charge in [0.1, 0.15) is 23.1 Å². The molecule has 0 radical (unpaired) electrons. The average molecular weight is 542 g/mol. The summed E-state index contributed by atoms with van der Waals surface area (Å²) in [4.78, 5) is 25.7. The van der Waals surface area contributed by atoms with Crippen LogP contribution in [0, 0.1) is 6.92 Å². The lowest BCUT2D eigenvalue weighted by Crippen LogP contribution is -2.54. The van der Waals surface area contributed by atoms with Crippen LogP contribution in [-0.2, 0) is 11.8 Å². The zero-order valence-electron chi connectivity index (χ0n) is 19.0. The smallest absolute Gasteiger partial charge is 0.348 e. The Bertz CT molecular complexity index is 1230. The second-order valence-corrected chi connectivity index (χ2v) is 9.78. The van der Waals surface area contributed by atoms with Crippen molar-refractivity contribution in [2.45, 2.75) is 31.7 Å². The number of aromatic amines is 1. The normalized spacial score (nSPS) is 19.2. The van der Waals surface area contributed by atoms with Gasteiger partial charge >= 0.3 is 5.97 Å². The first-order chi connectivity index (χ1) is 16.7. The first-order valence-electron chi connectivity index (χ1n) is 10.7. The van der Waals surface area contributed by atoms with Gasteiger partial charge in [-0.25, -0.2) is 19.4 Å². The molecule has 1 aliphatic heterocycles. The highest BCUT2D eigenvalue weighted by molar-refractivity contribution is 7.17. The minimum Gasteiger partial charge on any atom is -0.477 e. The van der Waals surface area contributed by atoms with E-state index in [0.717, 1.165) is 11.3 Å². The molecule has 0 amide bonds. The van der Waals surface area contributed by atoms with Crippen LogP contribution in [-0.4, -0.2) is 72.8 Å². The minimum atomic E-state index is -1.08. The third-order valence-electron chi connectivity index (χ3n) is 5.72. The fraction of sp³-hybridized carbons (Fsp3) is 0.429. The number of nitrogens with zero attached hydrogens (tertiary/aromatic N) is 5. The van der Waals surface area contributed by atoms with Gasteiger partial charge in [0.25, 0.3) is 0 Å². The van der Waals surface area contributed by atoms with Gasteiger partial charge in [0.2, 0.25) is 0 Å². The number of ether oxygens (including phenoxy) is 1. The van der Waals surface area contributed by atoms with Crippen LogP contribution in [0.3, 0.4) is 0 Å². The molecule has 4 rings (SSSR count). The number of hydrogen-bond acceptors (Lipinski definition) is 9. The van der Waals surface area contributed by atoms with Crippen LogP contribution in [0.4, 0.5) is 5.13 Å². The van der Waals surface area contributed by atoms with Crippen molar-refractivity contribution in [2.75, 3.05) is 24.6 Å². The second kappa shape index (κ2) is 10.6. The predicted octanol–water partition coefficient (Wildman–Crippen LogP) is 3.01. The zero-order chi connectivity index (χ0) is 25.3. The Kier molecular flexibility index (Phi) is 7.79. The van der Waals surface area contributed by atoms with E-state index >= 15 is 0 Å². The third kappa shape index (κ3) is 5.22. The molecule has 3 aromatic heterocycles. The van der Waals surface area contributed by atoms with Crippen molar-refractivity contribution in [1.29, 1.82) is 0 Å². The van der Waals surface area contributed by atoms with Gasteiger partial charge in [0, 0.05) is 31.9 Å². The topological polar surface area (TPSA) is 141 Å². The number of piperidine rings is 1.